The Labute approximate surface area is 78.2 Å². The summed E-state index contributed by atoms with van der Waals surface area (Å²) in [5, 5.41) is 0. The minimum absolute atomic E-state index is 0.843. The molecule has 0 spiro atoms. The van der Waals surface area contributed by atoms with E-state index in [9.17, 15) is 0 Å². The molecule has 1 fully saturated rings. The minimum atomic E-state index is 0.843. The van der Waals surface area contributed by atoms with E-state index in [0.717, 1.165) is 32.1 Å². The molecule has 0 saturated carbocycles. The summed E-state index contributed by atoms with van der Waals surface area (Å²) in [5.74, 6) is 0.843. The number of anilines is 1. The highest BCUT2D eigenvalue weighted by atomic mass is 15.3. The fourth-order valence-electron chi connectivity index (χ4n) is 1.48. The Hall–Kier alpha value is -1.16. The van der Waals surface area contributed by atoms with E-state index in [1.165, 1.54) is 4.90 Å². The Balaban J connectivity index is 2.03. The summed E-state index contributed by atoms with van der Waals surface area (Å²) in [6.07, 6.45) is 3.57. The summed E-state index contributed by atoms with van der Waals surface area (Å²) >= 11 is 0. The highest BCUT2D eigenvalue weighted by Crippen LogP contribution is 2.03. The lowest BCUT2D eigenvalue weighted by atomic mass is 10.3. The first kappa shape index (κ1) is 8.44. The Morgan fingerprint density at radius 3 is 2.46 bits per heavy atom. The molecule has 0 aromatic carbocycles. The molecular formula is C9H14N4. The number of rotatable bonds is 1. The van der Waals surface area contributed by atoms with E-state index < -0.39 is 0 Å². The van der Waals surface area contributed by atoms with Gasteiger partial charge in [0.25, 0.3) is 0 Å². The molecule has 4 nitrogen and oxygen atoms in total. The number of nitrogens with one attached hydrogen (secondary N) is 1. The number of piperazine rings is 1. The predicted molar refractivity (Wildman–Crippen MR) is 50.3 cm³/mol. The second-order valence-corrected chi connectivity index (χ2v) is 3.29. The van der Waals surface area contributed by atoms with Crippen molar-refractivity contribution in [3.8, 4) is 0 Å². The van der Waals surface area contributed by atoms with Crippen LogP contribution in [0, 0.1) is 7.05 Å². The molecule has 1 aromatic heterocycles. The molecule has 4 heteroatoms. The molecule has 1 aliphatic rings. The van der Waals surface area contributed by atoms with E-state index >= 15 is 0 Å². The normalized spacial score (nSPS) is 19.0. The van der Waals surface area contributed by atoms with E-state index in [1.807, 2.05) is 6.07 Å². The topological polar surface area (TPSA) is 33.5 Å². The maximum absolute atomic E-state index is 4.21. The van der Waals surface area contributed by atoms with Gasteiger partial charge in [0, 0.05) is 12.4 Å². The van der Waals surface area contributed by atoms with Gasteiger partial charge in [0.15, 0.2) is 0 Å². The van der Waals surface area contributed by atoms with Gasteiger partial charge in [0.1, 0.15) is 0 Å². The predicted octanol–water partition coefficient (Wildman–Crippen LogP) is -1.03. The summed E-state index contributed by atoms with van der Waals surface area (Å²) < 4.78 is 0. The Morgan fingerprint density at radius 1 is 1.23 bits per heavy atom. The lowest BCUT2D eigenvalue weighted by molar-refractivity contribution is -0.854. The third-order valence-corrected chi connectivity index (χ3v) is 2.31. The molecule has 13 heavy (non-hydrogen) atoms. The Morgan fingerprint density at radius 2 is 1.85 bits per heavy atom. The van der Waals surface area contributed by atoms with Crippen molar-refractivity contribution in [2.45, 2.75) is 0 Å². The van der Waals surface area contributed by atoms with Crippen molar-refractivity contribution in [2.75, 3.05) is 31.1 Å². The highest BCUT2D eigenvalue weighted by molar-refractivity contribution is 5.28. The first-order valence-corrected chi connectivity index (χ1v) is 4.55. The van der Waals surface area contributed by atoms with Crippen molar-refractivity contribution in [1.29, 1.82) is 0 Å². The van der Waals surface area contributed by atoms with Crippen molar-refractivity contribution in [2.24, 2.45) is 0 Å². The SMILES string of the molecule is [CH2-][NH+]1CCN(c2ncccn2)CC1. The largest absolute Gasteiger partial charge is 0.465 e. The standard InChI is InChI=1S/C9H14N4/c1-12-5-7-13(8-6-12)9-10-3-2-4-11-9/h2-4,12H,1,5-8H2. The summed E-state index contributed by atoms with van der Waals surface area (Å²) in [5.41, 5.74) is 0. The molecule has 1 aromatic rings. The van der Waals surface area contributed by atoms with Crippen molar-refractivity contribution in [3.63, 3.8) is 0 Å². The zero-order valence-electron chi connectivity index (χ0n) is 7.61. The number of quaternary nitrogens is 1. The average molecular weight is 178 g/mol. The molecule has 1 saturated heterocycles. The maximum Gasteiger partial charge on any atom is 0.225 e. The molecule has 1 N–H and O–H groups in total. The third kappa shape index (κ3) is 1.95. The molecule has 0 atom stereocenters. The van der Waals surface area contributed by atoms with Crippen LogP contribution in [-0.4, -0.2) is 36.1 Å². The second-order valence-electron chi connectivity index (χ2n) is 3.29. The van der Waals surface area contributed by atoms with Gasteiger partial charge in [-0.15, -0.1) is 0 Å². The van der Waals surface area contributed by atoms with Crippen LogP contribution in [0.25, 0.3) is 0 Å². The van der Waals surface area contributed by atoms with Gasteiger partial charge in [-0.2, -0.15) is 7.05 Å². The van der Waals surface area contributed by atoms with Crippen LogP contribution in [0.3, 0.4) is 0 Å². The van der Waals surface area contributed by atoms with Crippen molar-refractivity contribution < 1.29 is 4.90 Å². The Kier molecular flexibility index (Phi) is 2.40. The number of aromatic nitrogens is 2. The molecule has 0 radical (unpaired) electrons. The summed E-state index contributed by atoms with van der Waals surface area (Å²) in [7, 11) is 3.97. The molecule has 0 aliphatic carbocycles. The lowest BCUT2D eigenvalue weighted by Crippen LogP contribution is -3.10. The van der Waals surface area contributed by atoms with Gasteiger partial charge in [-0.1, -0.05) is 0 Å². The number of hydrogen-bond acceptors (Lipinski definition) is 3. The second kappa shape index (κ2) is 3.70. The van der Waals surface area contributed by atoms with Gasteiger partial charge in [-0.3, -0.25) is 0 Å². The summed E-state index contributed by atoms with van der Waals surface area (Å²) in [4.78, 5) is 12.0. The van der Waals surface area contributed by atoms with Gasteiger partial charge in [-0.05, 0) is 6.07 Å². The quantitative estimate of drug-likeness (QED) is 0.558. The fraction of sp³-hybridized carbons (Fsp3) is 0.444. The van der Waals surface area contributed by atoms with Crippen LogP contribution in [0.2, 0.25) is 0 Å². The van der Waals surface area contributed by atoms with E-state index in [4.69, 9.17) is 0 Å². The third-order valence-electron chi connectivity index (χ3n) is 2.31. The van der Waals surface area contributed by atoms with Crippen molar-refractivity contribution in [1.82, 2.24) is 9.97 Å². The van der Waals surface area contributed by atoms with Crippen LogP contribution in [-0.2, 0) is 0 Å². The molecule has 0 unspecified atom stereocenters. The highest BCUT2D eigenvalue weighted by Gasteiger charge is 2.15. The first-order chi connectivity index (χ1) is 6.36. The minimum Gasteiger partial charge on any atom is -0.465 e. The smallest absolute Gasteiger partial charge is 0.225 e. The van der Waals surface area contributed by atoms with Gasteiger partial charge in [0.05, 0.1) is 26.2 Å². The van der Waals surface area contributed by atoms with Crippen LogP contribution < -0.4 is 9.80 Å². The van der Waals surface area contributed by atoms with Gasteiger partial charge < -0.3 is 9.80 Å². The molecule has 0 amide bonds. The fourth-order valence-corrected chi connectivity index (χ4v) is 1.48. The summed E-state index contributed by atoms with van der Waals surface area (Å²) in [6, 6.07) is 1.84. The van der Waals surface area contributed by atoms with Crippen LogP contribution in [0.1, 0.15) is 0 Å². The van der Waals surface area contributed by atoms with Crippen LogP contribution in [0.4, 0.5) is 5.95 Å². The van der Waals surface area contributed by atoms with E-state index in [1.54, 1.807) is 12.4 Å². The summed E-state index contributed by atoms with van der Waals surface area (Å²) in [6.45, 7) is 4.14. The zero-order chi connectivity index (χ0) is 9.10. The van der Waals surface area contributed by atoms with Crippen LogP contribution in [0.5, 0.6) is 0 Å². The van der Waals surface area contributed by atoms with E-state index in [2.05, 4.69) is 21.9 Å². The van der Waals surface area contributed by atoms with Crippen LogP contribution in [0.15, 0.2) is 18.5 Å². The molecule has 0 bridgehead atoms. The molecule has 2 rings (SSSR count). The van der Waals surface area contributed by atoms with Crippen molar-refractivity contribution >= 4 is 5.95 Å². The van der Waals surface area contributed by atoms with Crippen molar-refractivity contribution in [3.05, 3.63) is 25.5 Å². The van der Waals surface area contributed by atoms with E-state index in [0.29, 0.717) is 0 Å². The number of hydrogen-bond donors (Lipinski definition) is 1. The zero-order valence-corrected chi connectivity index (χ0v) is 7.61. The first-order valence-electron chi connectivity index (χ1n) is 4.55. The average Bonchev–Trinajstić information content (AvgIpc) is 2.20. The Bertz CT molecular complexity index is 254. The van der Waals surface area contributed by atoms with E-state index in [-0.39, 0.29) is 0 Å². The monoisotopic (exact) mass is 178 g/mol. The number of nitrogens with zero attached hydrogens (tertiary/aromatic N) is 3. The molecule has 70 valence electrons. The molecule has 2 heterocycles. The van der Waals surface area contributed by atoms with Crippen LogP contribution >= 0.6 is 0 Å². The maximum atomic E-state index is 4.21. The molecular weight excluding hydrogens is 164 g/mol. The van der Waals surface area contributed by atoms with Gasteiger partial charge in [-0.25, -0.2) is 9.97 Å². The van der Waals surface area contributed by atoms with Gasteiger partial charge in [0.2, 0.25) is 5.95 Å². The molecule has 1 aliphatic heterocycles. The van der Waals surface area contributed by atoms with Gasteiger partial charge >= 0.3 is 0 Å². The lowest BCUT2D eigenvalue weighted by Gasteiger charge is -2.33.